The number of hydrogen-bond acceptors (Lipinski definition) is 5. The minimum absolute atomic E-state index is 0.219. The van der Waals surface area contributed by atoms with Gasteiger partial charge in [0.2, 0.25) is 0 Å². The van der Waals surface area contributed by atoms with Crippen LogP contribution in [0.4, 0.5) is 0 Å². The van der Waals surface area contributed by atoms with E-state index in [9.17, 15) is 4.79 Å². The molecule has 0 rings (SSSR count). The highest BCUT2D eigenvalue weighted by Crippen LogP contribution is 2.14. The van der Waals surface area contributed by atoms with Crippen LogP contribution < -0.4 is 5.32 Å². The third-order valence-corrected chi connectivity index (χ3v) is 2.81. The van der Waals surface area contributed by atoms with Crippen LogP contribution in [0.3, 0.4) is 0 Å². The second-order valence-electron chi connectivity index (χ2n) is 4.42. The van der Waals surface area contributed by atoms with Crippen LogP contribution in [0, 0.1) is 0 Å². The van der Waals surface area contributed by atoms with Crippen LogP contribution in [0.15, 0.2) is 0 Å². The van der Waals surface area contributed by atoms with Crippen LogP contribution >= 0.6 is 0 Å². The van der Waals surface area contributed by atoms with Gasteiger partial charge in [0.25, 0.3) is 0 Å². The maximum Gasteiger partial charge on any atom is 0.325 e. The summed E-state index contributed by atoms with van der Waals surface area (Å²) in [5, 5.41) is 3.17. The van der Waals surface area contributed by atoms with E-state index >= 15 is 0 Å². The molecule has 0 aliphatic carbocycles. The Labute approximate surface area is 110 Å². The van der Waals surface area contributed by atoms with Crippen LogP contribution in [-0.4, -0.2) is 52.1 Å². The van der Waals surface area contributed by atoms with Crippen molar-refractivity contribution in [2.75, 3.05) is 40.6 Å². The van der Waals surface area contributed by atoms with Gasteiger partial charge in [0.05, 0.1) is 7.11 Å². The van der Waals surface area contributed by atoms with Gasteiger partial charge in [0.15, 0.2) is 0 Å². The number of likely N-dealkylation sites (N-methyl/N-ethyl adjacent to an activating group) is 1. The van der Waals surface area contributed by atoms with Gasteiger partial charge >= 0.3 is 5.97 Å². The number of nitrogens with one attached hydrogen (secondary N) is 1. The first-order valence-corrected chi connectivity index (χ1v) is 6.50. The van der Waals surface area contributed by atoms with E-state index in [-0.39, 0.29) is 5.97 Å². The molecule has 0 bridgehead atoms. The fourth-order valence-corrected chi connectivity index (χ4v) is 1.81. The zero-order valence-corrected chi connectivity index (χ0v) is 12.1. The molecule has 5 heteroatoms. The van der Waals surface area contributed by atoms with Crippen LogP contribution in [0.2, 0.25) is 0 Å². The van der Waals surface area contributed by atoms with Crippen molar-refractivity contribution in [3.8, 4) is 0 Å². The topological polar surface area (TPSA) is 56.8 Å². The summed E-state index contributed by atoms with van der Waals surface area (Å²) in [6.07, 6.45) is 2.43. The summed E-state index contributed by atoms with van der Waals surface area (Å²) in [5.41, 5.74) is -0.612. The van der Waals surface area contributed by atoms with Crippen molar-refractivity contribution in [2.45, 2.75) is 38.6 Å². The van der Waals surface area contributed by atoms with Crippen LogP contribution in [0.5, 0.6) is 0 Å². The Morgan fingerprint density at radius 1 is 1.17 bits per heavy atom. The highest BCUT2D eigenvalue weighted by Gasteiger charge is 2.32. The molecule has 0 aromatic carbocycles. The first-order chi connectivity index (χ1) is 8.60. The minimum Gasteiger partial charge on any atom is -0.468 e. The number of carbonyl (C=O) groups excluding carboxylic acids is 1. The maximum atomic E-state index is 11.7. The van der Waals surface area contributed by atoms with Gasteiger partial charge in [0, 0.05) is 26.9 Å². The average molecular weight is 261 g/mol. The van der Waals surface area contributed by atoms with E-state index in [1.54, 1.807) is 7.11 Å². The maximum absolute atomic E-state index is 11.7. The molecule has 0 saturated heterocycles. The second-order valence-corrected chi connectivity index (χ2v) is 4.42. The van der Waals surface area contributed by atoms with E-state index in [1.807, 2.05) is 13.8 Å². The molecule has 5 nitrogen and oxygen atoms in total. The Morgan fingerprint density at radius 2 is 1.83 bits per heavy atom. The van der Waals surface area contributed by atoms with Crippen LogP contribution in [-0.2, 0) is 19.0 Å². The van der Waals surface area contributed by atoms with E-state index in [1.165, 1.54) is 7.11 Å². The van der Waals surface area contributed by atoms with Gasteiger partial charge in [-0.15, -0.1) is 0 Å². The lowest BCUT2D eigenvalue weighted by atomic mass is 9.96. The number of ether oxygens (including phenoxy) is 3. The number of hydrogen-bond donors (Lipinski definition) is 1. The summed E-state index contributed by atoms with van der Waals surface area (Å²) >= 11 is 0. The second kappa shape index (κ2) is 10.3. The van der Waals surface area contributed by atoms with Crippen molar-refractivity contribution in [3.05, 3.63) is 0 Å². The Balaban J connectivity index is 3.80. The first kappa shape index (κ1) is 17.4. The molecule has 0 spiro atoms. The molecule has 0 fully saturated rings. The van der Waals surface area contributed by atoms with Gasteiger partial charge in [-0.05, 0) is 32.7 Å². The quantitative estimate of drug-likeness (QED) is 0.449. The van der Waals surface area contributed by atoms with E-state index in [0.717, 1.165) is 26.0 Å². The predicted molar refractivity (Wildman–Crippen MR) is 70.6 cm³/mol. The van der Waals surface area contributed by atoms with Crippen molar-refractivity contribution in [2.24, 2.45) is 0 Å². The molecule has 0 amide bonds. The van der Waals surface area contributed by atoms with Gasteiger partial charge in [0.1, 0.15) is 5.54 Å². The molecular formula is C13H27NO4. The van der Waals surface area contributed by atoms with Crippen molar-refractivity contribution in [1.82, 2.24) is 5.32 Å². The fourth-order valence-electron chi connectivity index (χ4n) is 1.81. The van der Waals surface area contributed by atoms with E-state index in [0.29, 0.717) is 19.6 Å². The minimum atomic E-state index is -0.612. The average Bonchev–Trinajstić information content (AvgIpc) is 2.37. The summed E-state index contributed by atoms with van der Waals surface area (Å²) in [5.74, 6) is -0.219. The normalized spacial score (nSPS) is 14.2. The summed E-state index contributed by atoms with van der Waals surface area (Å²) < 4.78 is 15.2. The van der Waals surface area contributed by atoms with E-state index in [2.05, 4.69) is 5.32 Å². The third kappa shape index (κ3) is 6.93. The van der Waals surface area contributed by atoms with Gasteiger partial charge in [-0.2, -0.15) is 0 Å². The largest absolute Gasteiger partial charge is 0.468 e. The highest BCUT2D eigenvalue weighted by molar-refractivity contribution is 5.80. The zero-order chi connectivity index (χ0) is 13.9. The fraction of sp³-hybridized carbons (Fsp3) is 0.923. The lowest BCUT2D eigenvalue weighted by Crippen LogP contribution is -2.50. The van der Waals surface area contributed by atoms with Crippen LogP contribution in [0.25, 0.3) is 0 Å². The monoisotopic (exact) mass is 261 g/mol. The molecule has 1 atom stereocenters. The molecule has 0 aromatic heterocycles. The molecular weight excluding hydrogens is 234 g/mol. The van der Waals surface area contributed by atoms with Gasteiger partial charge < -0.3 is 19.5 Å². The summed E-state index contributed by atoms with van der Waals surface area (Å²) in [7, 11) is 3.09. The Morgan fingerprint density at radius 3 is 2.39 bits per heavy atom. The molecule has 0 aliphatic rings. The van der Waals surface area contributed by atoms with E-state index in [4.69, 9.17) is 14.2 Å². The van der Waals surface area contributed by atoms with Crippen molar-refractivity contribution in [1.29, 1.82) is 0 Å². The number of rotatable bonds is 11. The smallest absolute Gasteiger partial charge is 0.325 e. The van der Waals surface area contributed by atoms with Gasteiger partial charge in [-0.1, -0.05) is 6.92 Å². The van der Waals surface area contributed by atoms with Crippen molar-refractivity contribution in [3.63, 3.8) is 0 Å². The Kier molecular flexibility index (Phi) is 9.92. The van der Waals surface area contributed by atoms with Crippen LogP contribution in [0.1, 0.15) is 33.1 Å². The summed E-state index contributed by atoms with van der Waals surface area (Å²) in [4.78, 5) is 11.7. The molecule has 1 unspecified atom stereocenters. The molecule has 0 heterocycles. The molecule has 1 N–H and O–H groups in total. The Bertz CT molecular complexity index is 223. The summed E-state index contributed by atoms with van der Waals surface area (Å²) in [6.45, 7) is 6.65. The Hall–Kier alpha value is -0.650. The number of methoxy groups -OCH3 is 2. The standard InChI is InChI=1S/C13H27NO4/c1-5-14-13(2,12(15)17-4)8-6-10-18-11-7-9-16-3/h14H,5-11H2,1-4H3. The molecule has 108 valence electrons. The number of carbonyl (C=O) groups is 1. The molecule has 0 aliphatic heterocycles. The molecule has 0 saturated carbocycles. The van der Waals surface area contributed by atoms with Gasteiger partial charge in [-0.25, -0.2) is 0 Å². The van der Waals surface area contributed by atoms with Gasteiger partial charge in [-0.3, -0.25) is 4.79 Å². The number of esters is 1. The third-order valence-electron chi connectivity index (χ3n) is 2.81. The highest BCUT2D eigenvalue weighted by atomic mass is 16.5. The molecule has 0 aromatic rings. The van der Waals surface area contributed by atoms with E-state index < -0.39 is 5.54 Å². The first-order valence-electron chi connectivity index (χ1n) is 6.50. The molecule has 0 radical (unpaired) electrons. The molecule has 18 heavy (non-hydrogen) atoms. The zero-order valence-electron chi connectivity index (χ0n) is 12.1. The van der Waals surface area contributed by atoms with Crippen molar-refractivity contribution < 1.29 is 19.0 Å². The lowest BCUT2D eigenvalue weighted by Gasteiger charge is -2.27. The van der Waals surface area contributed by atoms with Crippen molar-refractivity contribution >= 4 is 5.97 Å². The summed E-state index contributed by atoms with van der Waals surface area (Å²) in [6, 6.07) is 0. The SMILES string of the molecule is CCNC(C)(CCCOCCCOC)C(=O)OC. The lowest BCUT2D eigenvalue weighted by molar-refractivity contribution is -0.148. The predicted octanol–water partition coefficient (Wildman–Crippen LogP) is 1.36.